The van der Waals surface area contributed by atoms with Gasteiger partial charge in [-0.05, 0) is 44.2 Å². The highest BCUT2D eigenvalue weighted by atomic mass is 35.5. The summed E-state index contributed by atoms with van der Waals surface area (Å²) in [6, 6.07) is 7.43. The zero-order valence-electron chi connectivity index (χ0n) is 13.3. The van der Waals surface area contributed by atoms with E-state index in [1.807, 2.05) is 17.6 Å². The summed E-state index contributed by atoms with van der Waals surface area (Å²) in [5.74, 6) is 0.651. The number of hydrogen-bond donors (Lipinski definition) is 1. The molecule has 0 spiro atoms. The Balaban J connectivity index is 1.95. The van der Waals surface area contributed by atoms with Gasteiger partial charge in [-0.1, -0.05) is 11.6 Å². The van der Waals surface area contributed by atoms with Crippen molar-refractivity contribution in [3.63, 3.8) is 0 Å². The van der Waals surface area contributed by atoms with Crippen LogP contribution < -0.4 is 4.72 Å². The van der Waals surface area contributed by atoms with E-state index < -0.39 is 16.1 Å². The monoisotopic (exact) mass is 364 g/mol. The number of rotatable bonds is 5. The predicted octanol–water partition coefficient (Wildman–Crippen LogP) is 3.14. The first-order valence-corrected chi connectivity index (χ1v) is 9.36. The second kappa shape index (κ2) is 6.51. The smallest absolute Gasteiger partial charge is 0.241 e. The average molecular weight is 365 g/mol. The van der Waals surface area contributed by atoms with E-state index >= 15 is 0 Å². The van der Waals surface area contributed by atoms with Crippen molar-refractivity contribution in [3.8, 4) is 0 Å². The lowest BCUT2D eigenvalue weighted by atomic mass is 10.3. The van der Waals surface area contributed by atoms with Crippen molar-refractivity contribution < 1.29 is 8.42 Å². The minimum atomic E-state index is -3.66. The van der Waals surface area contributed by atoms with Crippen LogP contribution in [0.2, 0.25) is 5.02 Å². The molecule has 24 heavy (non-hydrogen) atoms. The van der Waals surface area contributed by atoms with E-state index in [4.69, 9.17) is 11.6 Å². The molecule has 8 heteroatoms. The lowest BCUT2D eigenvalue weighted by Crippen LogP contribution is -2.28. The topological polar surface area (TPSA) is 76.9 Å². The van der Waals surface area contributed by atoms with Crippen molar-refractivity contribution in [3.05, 3.63) is 53.6 Å². The number of benzene rings is 1. The summed E-state index contributed by atoms with van der Waals surface area (Å²) in [5.41, 5.74) is 1.67. The lowest BCUT2D eigenvalue weighted by molar-refractivity contribution is 0.549. The van der Waals surface area contributed by atoms with E-state index in [0.717, 1.165) is 11.0 Å². The second-order valence-electron chi connectivity index (χ2n) is 5.38. The Bertz CT molecular complexity index is 967. The minimum absolute atomic E-state index is 0.166. The quantitative estimate of drug-likeness (QED) is 0.754. The molecule has 0 bridgehead atoms. The molecule has 1 N–H and O–H groups in total. The summed E-state index contributed by atoms with van der Waals surface area (Å²) in [6.07, 6.45) is 3.37. The third-order valence-electron chi connectivity index (χ3n) is 3.74. The van der Waals surface area contributed by atoms with Gasteiger partial charge in [0.2, 0.25) is 10.0 Å². The van der Waals surface area contributed by atoms with Gasteiger partial charge in [0.25, 0.3) is 0 Å². The molecular formula is C16H17ClN4O2S. The minimum Gasteiger partial charge on any atom is -0.327 e. The van der Waals surface area contributed by atoms with Crippen molar-refractivity contribution >= 4 is 32.7 Å². The molecule has 1 aromatic carbocycles. The van der Waals surface area contributed by atoms with Crippen LogP contribution in [0, 0.1) is 0 Å². The third kappa shape index (κ3) is 3.15. The van der Waals surface area contributed by atoms with Gasteiger partial charge in [0.1, 0.15) is 11.3 Å². The van der Waals surface area contributed by atoms with Crippen LogP contribution >= 0.6 is 11.6 Å². The molecule has 0 amide bonds. The largest absolute Gasteiger partial charge is 0.327 e. The summed E-state index contributed by atoms with van der Waals surface area (Å²) in [6.45, 7) is 4.45. The first-order chi connectivity index (χ1) is 11.4. The highest BCUT2D eigenvalue weighted by Gasteiger charge is 2.22. The molecule has 0 unspecified atom stereocenters. The van der Waals surface area contributed by atoms with E-state index in [1.54, 1.807) is 31.5 Å². The molecular weight excluding hydrogens is 348 g/mol. The van der Waals surface area contributed by atoms with Gasteiger partial charge in [-0.25, -0.2) is 18.1 Å². The molecule has 0 saturated carbocycles. The molecule has 3 aromatic rings. The number of pyridine rings is 1. The molecule has 1 atom stereocenters. The number of aromatic nitrogens is 3. The number of fused-ring (bicyclic) bond motifs is 1. The van der Waals surface area contributed by atoms with Gasteiger partial charge in [0.05, 0.1) is 22.7 Å². The van der Waals surface area contributed by atoms with Crippen LogP contribution in [0.4, 0.5) is 0 Å². The molecule has 0 aliphatic heterocycles. The van der Waals surface area contributed by atoms with Crippen molar-refractivity contribution in [2.45, 2.75) is 31.3 Å². The highest BCUT2D eigenvalue weighted by molar-refractivity contribution is 7.89. The fraction of sp³-hybridized carbons (Fsp3) is 0.250. The molecule has 0 aliphatic carbocycles. The maximum Gasteiger partial charge on any atom is 0.241 e. The summed E-state index contributed by atoms with van der Waals surface area (Å²) in [7, 11) is -3.66. The predicted molar refractivity (Wildman–Crippen MR) is 93.4 cm³/mol. The van der Waals surface area contributed by atoms with Crippen molar-refractivity contribution in [2.24, 2.45) is 0 Å². The van der Waals surface area contributed by atoms with E-state index in [9.17, 15) is 8.42 Å². The number of imidazole rings is 1. The van der Waals surface area contributed by atoms with Crippen LogP contribution in [0.3, 0.4) is 0 Å². The molecule has 126 valence electrons. The van der Waals surface area contributed by atoms with Gasteiger partial charge in [-0.2, -0.15) is 0 Å². The van der Waals surface area contributed by atoms with E-state index in [1.165, 1.54) is 12.1 Å². The number of nitrogens with zero attached hydrogens (tertiary/aromatic N) is 3. The fourth-order valence-electron chi connectivity index (χ4n) is 2.63. The van der Waals surface area contributed by atoms with Gasteiger partial charge < -0.3 is 4.57 Å². The van der Waals surface area contributed by atoms with Crippen molar-refractivity contribution in [1.29, 1.82) is 0 Å². The molecule has 3 rings (SSSR count). The summed E-state index contributed by atoms with van der Waals surface area (Å²) in [4.78, 5) is 8.76. The number of hydrogen-bond acceptors (Lipinski definition) is 4. The Labute approximate surface area is 145 Å². The summed E-state index contributed by atoms with van der Waals surface area (Å²) < 4.78 is 29.7. The van der Waals surface area contributed by atoms with Crippen LogP contribution in [0.1, 0.15) is 25.7 Å². The van der Waals surface area contributed by atoms with Crippen LogP contribution in [0.5, 0.6) is 0 Å². The van der Waals surface area contributed by atoms with Crippen LogP contribution in [0.25, 0.3) is 11.0 Å². The zero-order chi connectivity index (χ0) is 17.3. The third-order valence-corrected chi connectivity index (χ3v) is 5.55. The number of aryl methyl sites for hydroxylation is 1. The molecule has 2 heterocycles. The SMILES string of the molecule is CCn1c([C@@H](C)NS(=O)(=O)c2ccc(Cl)cc2)nc2cnccc21. The van der Waals surface area contributed by atoms with Crippen molar-refractivity contribution in [1.82, 2.24) is 19.3 Å². The Kier molecular flexibility index (Phi) is 4.58. The Hall–Kier alpha value is -1.96. The Morgan fingerprint density at radius 3 is 2.62 bits per heavy atom. The molecule has 0 saturated heterocycles. The first-order valence-electron chi connectivity index (χ1n) is 7.50. The lowest BCUT2D eigenvalue weighted by Gasteiger charge is -2.15. The summed E-state index contributed by atoms with van der Waals surface area (Å²) >= 11 is 5.81. The molecule has 0 aliphatic rings. The molecule has 0 fully saturated rings. The maximum atomic E-state index is 12.5. The molecule has 2 aromatic heterocycles. The highest BCUT2D eigenvalue weighted by Crippen LogP contribution is 2.22. The second-order valence-corrected chi connectivity index (χ2v) is 7.53. The Morgan fingerprint density at radius 2 is 1.96 bits per heavy atom. The van der Waals surface area contributed by atoms with Gasteiger partial charge in [-0.3, -0.25) is 4.98 Å². The zero-order valence-corrected chi connectivity index (χ0v) is 14.8. The maximum absolute atomic E-state index is 12.5. The average Bonchev–Trinajstić information content (AvgIpc) is 2.93. The number of sulfonamides is 1. The Morgan fingerprint density at radius 1 is 1.25 bits per heavy atom. The first kappa shape index (κ1) is 16.9. The van der Waals surface area contributed by atoms with Gasteiger partial charge in [0.15, 0.2) is 0 Å². The van der Waals surface area contributed by atoms with Gasteiger partial charge in [0, 0.05) is 17.8 Å². The standard InChI is InChI=1S/C16H17ClN4O2S/c1-3-21-15-8-9-18-10-14(15)19-16(21)11(2)20-24(22,23)13-6-4-12(17)5-7-13/h4-11,20H,3H2,1-2H3/t11-/m1/s1. The summed E-state index contributed by atoms with van der Waals surface area (Å²) in [5, 5.41) is 0.488. The van der Waals surface area contributed by atoms with E-state index in [2.05, 4.69) is 14.7 Å². The van der Waals surface area contributed by atoms with Crippen molar-refractivity contribution in [2.75, 3.05) is 0 Å². The number of nitrogens with one attached hydrogen (secondary N) is 1. The fourth-order valence-corrected chi connectivity index (χ4v) is 3.96. The van der Waals surface area contributed by atoms with Gasteiger partial charge >= 0.3 is 0 Å². The number of halogens is 1. The van der Waals surface area contributed by atoms with Crippen LogP contribution in [-0.2, 0) is 16.6 Å². The molecule has 6 nitrogen and oxygen atoms in total. The van der Waals surface area contributed by atoms with E-state index in [-0.39, 0.29) is 4.90 Å². The van der Waals surface area contributed by atoms with E-state index in [0.29, 0.717) is 17.4 Å². The molecule has 0 radical (unpaired) electrons. The normalized spacial score (nSPS) is 13.3. The van der Waals surface area contributed by atoms with Crippen LogP contribution in [0.15, 0.2) is 47.6 Å². The van der Waals surface area contributed by atoms with Crippen LogP contribution in [-0.4, -0.2) is 23.0 Å². The van der Waals surface area contributed by atoms with Gasteiger partial charge in [-0.15, -0.1) is 0 Å².